The van der Waals surface area contributed by atoms with Crippen LogP contribution in [0.4, 0.5) is 4.79 Å². The monoisotopic (exact) mass is 484 g/mol. The summed E-state index contributed by atoms with van der Waals surface area (Å²) in [7, 11) is 1.51. The van der Waals surface area contributed by atoms with E-state index in [-0.39, 0.29) is 18.7 Å². The molecule has 178 valence electrons. The van der Waals surface area contributed by atoms with E-state index in [0.717, 1.165) is 11.3 Å². The van der Waals surface area contributed by atoms with Gasteiger partial charge < -0.3 is 14.2 Å². The number of imide groups is 2. The minimum absolute atomic E-state index is 0.0607. The van der Waals surface area contributed by atoms with Crippen LogP contribution in [-0.2, 0) is 16.1 Å². The van der Waals surface area contributed by atoms with Crippen LogP contribution in [0.2, 0.25) is 5.02 Å². The number of methoxy groups -OCH3 is 1. The van der Waals surface area contributed by atoms with Gasteiger partial charge in [-0.1, -0.05) is 43.3 Å². The number of barbiturate groups is 1. The lowest BCUT2D eigenvalue weighted by molar-refractivity contribution is -0.130. The van der Waals surface area contributed by atoms with Crippen molar-refractivity contribution < 1.29 is 28.6 Å². The van der Waals surface area contributed by atoms with Crippen LogP contribution in [0.3, 0.4) is 0 Å². The summed E-state index contributed by atoms with van der Waals surface area (Å²) in [4.78, 5) is 38.8. The number of hydrogen-bond donors (Lipinski definition) is 1. The summed E-state index contributed by atoms with van der Waals surface area (Å²) in [5.41, 5.74) is 0.942. The lowest BCUT2D eigenvalue weighted by Gasteiger charge is -2.26. The number of ether oxygens (including phenoxy) is 3. The summed E-state index contributed by atoms with van der Waals surface area (Å²) in [6.45, 7) is 6.33. The molecule has 1 saturated heterocycles. The largest absolute Gasteiger partial charge is 0.493 e. The number of urea groups is 1. The fourth-order valence-corrected chi connectivity index (χ4v) is 3.44. The van der Waals surface area contributed by atoms with Crippen LogP contribution in [0.15, 0.2) is 54.6 Å². The van der Waals surface area contributed by atoms with Gasteiger partial charge in [0.15, 0.2) is 11.5 Å². The zero-order chi connectivity index (χ0) is 24.7. The van der Waals surface area contributed by atoms with Crippen molar-refractivity contribution in [2.24, 2.45) is 0 Å². The molecule has 1 aliphatic rings. The van der Waals surface area contributed by atoms with Gasteiger partial charge in [0.2, 0.25) is 0 Å². The summed E-state index contributed by atoms with van der Waals surface area (Å²) in [5.74, 6) is -0.00983. The third-order valence-electron chi connectivity index (χ3n) is 4.84. The second-order valence-corrected chi connectivity index (χ2v) is 7.74. The number of carbonyl (C=O) groups is 3. The molecule has 0 saturated carbocycles. The van der Waals surface area contributed by atoms with Crippen molar-refractivity contribution in [1.82, 2.24) is 10.2 Å². The van der Waals surface area contributed by atoms with Gasteiger partial charge in [-0.2, -0.15) is 0 Å². The highest BCUT2D eigenvalue weighted by Gasteiger charge is 2.35. The zero-order valence-electron chi connectivity index (χ0n) is 18.9. The first-order valence-electron chi connectivity index (χ1n) is 10.6. The maximum absolute atomic E-state index is 13.1. The molecule has 1 heterocycles. The van der Waals surface area contributed by atoms with Gasteiger partial charge in [0, 0.05) is 0 Å². The Bertz CT molecular complexity index is 1140. The summed E-state index contributed by atoms with van der Waals surface area (Å²) in [6.07, 6.45) is 3.80. The van der Waals surface area contributed by atoms with E-state index in [1.807, 2.05) is 6.92 Å². The highest BCUT2D eigenvalue weighted by atomic mass is 35.5. The van der Waals surface area contributed by atoms with Crippen LogP contribution in [0.25, 0.3) is 6.08 Å². The predicted molar refractivity (Wildman–Crippen MR) is 128 cm³/mol. The smallest absolute Gasteiger partial charge is 0.331 e. The van der Waals surface area contributed by atoms with Crippen molar-refractivity contribution in [3.05, 3.63) is 70.8 Å². The highest BCUT2D eigenvalue weighted by Crippen LogP contribution is 2.30. The molecule has 0 radical (unpaired) electrons. The van der Waals surface area contributed by atoms with E-state index in [1.54, 1.807) is 42.5 Å². The molecule has 9 heteroatoms. The van der Waals surface area contributed by atoms with Gasteiger partial charge in [-0.15, -0.1) is 0 Å². The van der Waals surface area contributed by atoms with E-state index >= 15 is 0 Å². The number of benzene rings is 2. The van der Waals surface area contributed by atoms with Crippen LogP contribution in [0.5, 0.6) is 17.2 Å². The summed E-state index contributed by atoms with van der Waals surface area (Å²) >= 11 is 6.23. The van der Waals surface area contributed by atoms with Gasteiger partial charge in [0.05, 0.1) is 25.3 Å². The van der Waals surface area contributed by atoms with Crippen LogP contribution in [0, 0.1) is 0 Å². The number of carbonyl (C=O) groups excluding carboxylic acids is 3. The quantitative estimate of drug-likeness (QED) is 0.306. The molecule has 0 bridgehead atoms. The molecule has 1 aliphatic heterocycles. The van der Waals surface area contributed by atoms with Gasteiger partial charge in [-0.05, 0) is 47.9 Å². The van der Waals surface area contributed by atoms with E-state index in [4.69, 9.17) is 25.8 Å². The molecule has 2 aromatic carbocycles. The Balaban J connectivity index is 1.83. The second-order valence-electron chi connectivity index (χ2n) is 7.33. The number of nitrogens with zero attached hydrogens (tertiary/aromatic N) is 1. The maximum atomic E-state index is 13.1. The second kappa shape index (κ2) is 11.4. The van der Waals surface area contributed by atoms with Gasteiger partial charge in [0.1, 0.15) is 17.9 Å². The Morgan fingerprint density at radius 1 is 1.06 bits per heavy atom. The lowest BCUT2D eigenvalue weighted by Crippen LogP contribution is -2.53. The van der Waals surface area contributed by atoms with Crippen molar-refractivity contribution in [2.75, 3.05) is 20.3 Å². The minimum Gasteiger partial charge on any atom is -0.493 e. The van der Waals surface area contributed by atoms with E-state index < -0.39 is 17.8 Å². The van der Waals surface area contributed by atoms with Crippen molar-refractivity contribution in [3.8, 4) is 17.2 Å². The van der Waals surface area contributed by atoms with Crippen LogP contribution in [-0.4, -0.2) is 43.1 Å². The van der Waals surface area contributed by atoms with Crippen molar-refractivity contribution in [3.63, 3.8) is 0 Å². The van der Waals surface area contributed by atoms with Gasteiger partial charge in [-0.25, -0.2) is 4.79 Å². The predicted octanol–water partition coefficient (Wildman–Crippen LogP) is 4.36. The molecular formula is C25H25ClN2O6. The standard InChI is InChI=1S/C25H25ClN2O6/c1-4-10-33-20-8-6-16(13-19(20)26)12-18-23(29)27-25(31)28(24(18)30)15-17-7-9-21(34-11-5-2)22(14-17)32-3/h4,6-9,12-14H,1,5,10-11,15H2,2-3H3,(H,27,29,31)/b18-12-. The van der Waals surface area contributed by atoms with Crippen LogP contribution in [0.1, 0.15) is 24.5 Å². The number of nitrogens with one attached hydrogen (secondary N) is 1. The topological polar surface area (TPSA) is 94.2 Å². The van der Waals surface area contributed by atoms with E-state index in [2.05, 4.69) is 11.9 Å². The Labute approximate surface area is 202 Å². The number of amides is 4. The Hall–Kier alpha value is -3.78. The van der Waals surface area contributed by atoms with E-state index in [1.165, 1.54) is 13.2 Å². The first kappa shape index (κ1) is 24.9. The number of rotatable bonds is 10. The maximum Gasteiger partial charge on any atom is 0.331 e. The SMILES string of the molecule is C=CCOc1ccc(/C=C2/C(=O)NC(=O)N(Cc3ccc(OCCC)c(OC)c3)C2=O)cc1Cl. The molecule has 1 N–H and O–H groups in total. The molecule has 2 aromatic rings. The molecule has 0 unspecified atom stereocenters. The van der Waals surface area contributed by atoms with E-state index in [9.17, 15) is 14.4 Å². The average molecular weight is 485 g/mol. The molecule has 0 aliphatic carbocycles. The number of hydrogen-bond acceptors (Lipinski definition) is 6. The zero-order valence-corrected chi connectivity index (χ0v) is 19.7. The third-order valence-corrected chi connectivity index (χ3v) is 5.14. The normalized spacial score (nSPS) is 14.7. The summed E-state index contributed by atoms with van der Waals surface area (Å²) in [5, 5.41) is 2.52. The first-order chi connectivity index (χ1) is 16.4. The minimum atomic E-state index is -0.802. The fourth-order valence-electron chi connectivity index (χ4n) is 3.20. The number of halogens is 1. The first-order valence-corrected chi connectivity index (χ1v) is 11.0. The molecule has 4 amide bonds. The van der Waals surface area contributed by atoms with Gasteiger partial charge in [-0.3, -0.25) is 19.8 Å². The summed E-state index contributed by atoms with van der Waals surface area (Å²) < 4.78 is 16.4. The molecule has 0 spiro atoms. The summed E-state index contributed by atoms with van der Waals surface area (Å²) in [6, 6.07) is 9.18. The molecule has 0 atom stereocenters. The van der Waals surface area contributed by atoms with Crippen molar-refractivity contribution in [2.45, 2.75) is 19.9 Å². The van der Waals surface area contributed by atoms with Crippen molar-refractivity contribution in [1.29, 1.82) is 0 Å². The fraction of sp³-hybridized carbons (Fsp3) is 0.240. The Kier molecular flexibility index (Phi) is 8.32. The highest BCUT2D eigenvalue weighted by molar-refractivity contribution is 6.33. The van der Waals surface area contributed by atoms with Gasteiger partial charge >= 0.3 is 6.03 Å². The van der Waals surface area contributed by atoms with Crippen LogP contribution < -0.4 is 19.5 Å². The third kappa shape index (κ3) is 5.77. The lowest BCUT2D eigenvalue weighted by atomic mass is 10.1. The molecule has 1 fully saturated rings. The Morgan fingerprint density at radius 2 is 1.82 bits per heavy atom. The molecule has 0 aromatic heterocycles. The molecule has 8 nitrogen and oxygen atoms in total. The van der Waals surface area contributed by atoms with E-state index in [0.29, 0.717) is 40.0 Å². The Morgan fingerprint density at radius 3 is 2.50 bits per heavy atom. The van der Waals surface area contributed by atoms with Crippen LogP contribution >= 0.6 is 11.6 Å². The molecule has 34 heavy (non-hydrogen) atoms. The molecule has 3 rings (SSSR count). The van der Waals surface area contributed by atoms with Gasteiger partial charge in [0.25, 0.3) is 11.8 Å². The van der Waals surface area contributed by atoms with Crippen molar-refractivity contribution >= 4 is 35.5 Å². The molecular weight excluding hydrogens is 460 g/mol. The average Bonchev–Trinajstić information content (AvgIpc) is 2.82.